The van der Waals surface area contributed by atoms with Gasteiger partial charge in [-0.1, -0.05) is 18.5 Å². The maximum atomic E-state index is 13.1. The fraction of sp³-hybridized carbons (Fsp3) is 0.143. The molecule has 3 aliphatic rings. The summed E-state index contributed by atoms with van der Waals surface area (Å²) in [7, 11) is -30.3. The van der Waals surface area contributed by atoms with Gasteiger partial charge in [-0.05, 0) is 90.3 Å². The van der Waals surface area contributed by atoms with Crippen LogP contribution >= 0.6 is 34.8 Å². The van der Waals surface area contributed by atoms with Gasteiger partial charge in [-0.2, -0.15) is 80.4 Å². The van der Waals surface area contributed by atoms with Crippen LogP contribution in [0.4, 0.5) is 52.2 Å². The van der Waals surface area contributed by atoms with E-state index in [9.17, 15) is 77.8 Å². The van der Waals surface area contributed by atoms with Crippen LogP contribution in [-0.4, -0.2) is 316 Å². The van der Waals surface area contributed by atoms with Gasteiger partial charge in [0.1, 0.15) is 31.7 Å². The van der Waals surface area contributed by atoms with Crippen molar-refractivity contribution in [3.63, 3.8) is 0 Å². The van der Waals surface area contributed by atoms with E-state index in [-0.39, 0.29) is 277 Å². The Morgan fingerprint density at radius 2 is 0.989 bits per heavy atom. The third-order valence-corrected chi connectivity index (χ3v) is 17.6. The smallest absolute Gasteiger partial charge is 0.300 e. The molecule has 0 unspecified atom stereocenters. The molecular formula is C42H35Cl3N14Na6O20S6. The Kier molecular flexibility index (Phi) is 30.2. The second kappa shape index (κ2) is 32.9. The van der Waals surface area contributed by atoms with Crippen molar-refractivity contribution in [2.45, 2.75) is 42.7 Å². The fourth-order valence-corrected chi connectivity index (χ4v) is 12.8. The molecule has 0 bridgehead atoms. The van der Waals surface area contributed by atoms with Crippen molar-refractivity contribution in [3.8, 4) is 23.0 Å². The van der Waals surface area contributed by atoms with E-state index in [1.165, 1.54) is 24.3 Å². The SMILES string of the molecule is CCc1c2c(c(Cl)c3oc4c(S(=O)(=O)O)c(=NCCNc5nc(Cl)nc(Nc6ccc(S(=O)(=O)O)cc6S(=O)(=O)O)n5)ccc-4nc13)Nc1ccc(NCCNc3nc(Cl)nc(Nc4ccc(S(=O)(=O)O)cc4S(=O)(=O)O)n3)c(S(=O)(=O)O)c1O2.[Na].[Na].[Na].[Na].[Na].[Na]. The number of halogens is 3. The Morgan fingerprint density at radius 3 is 1.46 bits per heavy atom. The normalized spacial score (nSPS) is 12.3. The molecule has 4 aromatic carbocycles. The molecule has 91 heavy (non-hydrogen) atoms. The van der Waals surface area contributed by atoms with E-state index in [4.69, 9.17) is 44.0 Å². The Labute approximate surface area is 663 Å². The Bertz CT molecular complexity index is 4910. The van der Waals surface area contributed by atoms with E-state index >= 15 is 0 Å². The predicted octanol–water partition coefficient (Wildman–Crippen LogP) is 2.89. The molecule has 0 atom stereocenters. The molecule has 0 saturated heterocycles. The third-order valence-electron chi connectivity index (χ3n) is 11.5. The van der Waals surface area contributed by atoms with Crippen LogP contribution in [0.2, 0.25) is 15.6 Å². The number of ether oxygens (including phenoxy) is 1. The van der Waals surface area contributed by atoms with Gasteiger partial charge in [0.2, 0.25) is 34.4 Å². The summed E-state index contributed by atoms with van der Waals surface area (Å²) in [4.78, 5) is 27.2. The fourth-order valence-electron chi connectivity index (χ4n) is 8.08. The minimum atomic E-state index is -5.19. The molecule has 456 valence electrons. The van der Waals surface area contributed by atoms with Gasteiger partial charge in [-0.3, -0.25) is 32.3 Å². The first kappa shape index (κ1) is 83.7. The van der Waals surface area contributed by atoms with Crippen LogP contribution in [0.25, 0.3) is 22.6 Å². The minimum Gasteiger partial charge on any atom is -0.451 e. The van der Waals surface area contributed by atoms with Crippen LogP contribution in [0.1, 0.15) is 12.5 Å². The van der Waals surface area contributed by atoms with Crippen molar-refractivity contribution >= 4 is 336 Å². The van der Waals surface area contributed by atoms with Crippen molar-refractivity contribution in [2.24, 2.45) is 4.99 Å². The molecule has 2 aliphatic heterocycles. The van der Waals surface area contributed by atoms with E-state index in [0.29, 0.717) is 12.1 Å². The molecular weight excluding hydrogens is 1460 g/mol. The van der Waals surface area contributed by atoms with Gasteiger partial charge in [0, 0.05) is 203 Å². The monoisotopic (exact) mass is 1490 g/mol. The molecule has 34 nitrogen and oxygen atoms in total. The first-order valence-corrected chi connectivity index (χ1v) is 32.8. The zero-order chi connectivity index (χ0) is 61.9. The summed E-state index contributed by atoms with van der Waals surface area (Å²) < 4.78 is 219. The molecule has 6 radical (unpaired) electrons. The van der Waals surface area contributed by atoms with Crippen LogP contribution in [0, 0.1) is 0 Å². The maximum absolute atomic E-state index is 13.1. The number of nitrogens with zero attached hydrogens (tertiary/aromatic N) is 8. The summed E-state index contributed by atoms with van der Waals surface area (Å²) in [5.74, 6) is -2.30. The summed E-state index contributed by atoms with van der Waals surface area (Å²) in [5, 5.41) is 14.8. The molecule has 2 aromatic heterocycles. The number of anilines is 9. The number of fused-ring (bicyclic) bond motifs is 4. The van der Waals surface area contributed by atoms with E-state index < -0.39 is 135 Å². The first-order valence-electron chi connectivity index (χ1n) is 23.0. The molecule has 49 heteroatoms. The summed E-state index contributed by atoms with van der Waals surface area (Å²) in [6.07, 6.45) is 0.0808. The van der Waals surface area contributed by atoms with Crippen molar-refractivity contribution < 1.29 is 87.0 Å². The molecule has 9 rings (SSSR count). The second-order valence-electron chi connectivity index (χ2n) is 17.1. The quantitative estimate of drug-likeness (QED) is 0.0226. The number of rotatable bonds is 20. The van der Waals surface area contributed by atoms with Crippen LogP contribution in [-0.2, 0) is 67.1 Å². The topological polar surface area (TPSA) is 523 Å². The number of aryl methyl sites for hydroxylation is 1. The van der Waals surface area contributed by atoms with E-state index in [0.717, 1.165) is 24.3 Å². The first-order chi connectivity index (χ1) is 39.6. The van der Waals surface area contributed by atoms with Crippen molar-refractivity contribution in [3.05, 3.63) is 87.2 Å². The van der Waals surface area contributed by atoms with E-state index in [1.807, 2.05) is 0 Å². The third kappa shape index (κ3) is 19.9. The van der Waals surface area contributed by atoms with Crippen LogP contribution in [0.15, 0.2) is 99.4 Å². The summed E-state index contributed by atoms with van der Waals surface area (Å²) in [5.41, 5.74) is -1.28. The van der Waals surface area contributed by atoms with Gasteiger partial charge in [0.15, 0.2) is 32.6 Å². The maximum Gasteiger partial charge on any atom is 0.300 e. The zero-order valence-electron chi connectivity index (χ0n) is 47.9. The molecule has 12 N–H and O–H groups in total. The summed E-state index contributed by atoms with van der Waals surface area (Å²) >= 11 is 19.1. The van der Waals surface area contributed by atoms with Crippen LogP contribution < -0.4 is 42.0 Å². The Morgan fingerprint density at radius 1 is 0.516 bits per heavy atom. The van der Waals surface area contributed by atoms with Gasteiger partial charge in [0.05, 0.1) is 44.4 Å². The van der Waals surface area contributed by atoms with Crippen LogP contribution in [0.5, 0.6) is 11.5 Å². The van der Waals surface area contributed by atoms with E-state index in [1.54, 1.807) is 6.92 Å². The number of hydrogen-bond acceptors (Lipinski definition) is 28. The molecule has 0 amide bonds. The number of hydrogen-bond donors (Lipinski definition) is 12. The summed E-state index contributed by atoms with van der Waals surface area (Å²) in [6.45, 7) is 0.962. The molecule has 0 fully saturated rings. The van der Waals surface area contributed by atoms with E-state index in [2.05, 4.69) is 71.8 Å². The average Bonchev–Trinajstić information content (AvgIpc) is 0.728. The Hall–Kier alpha value is -1.55. The number of aromatic nitrogens is 7. The largest absolute Gasteiger partial charge is 0.451 e. The molecule has 1 aliphatic carbocycles. The minimum absolute atomic E-state index is 0. The average molecular weight is 1490 g/mol. The van der Waals surface area contributed by atoms with Gasteiger partial charge < -0.3 is 41.1 Å². The molecule has 4 heterocycles. The summed E-state index contributed by atoms with van der Waals surface area (Å²) in [6, 6.07) is 9.51. The predicted molar refractivity (Wildman–Crippen MR) is 333 cm³/mol. The second-order valence-corrected chi connectivity index (χ2v) is 26.5. The van der Waals surface area contributed by atoms with Gasteiger partial charge in [-0.25, -0.2) is 4.98 Å². The van der Waals surface area contributed by atoms with Gasteiger partial charge >= 0.3 is 10.1 Å². The van der Waals surface area contributed by atoms with Crippen molar-refractivity contribution in [2.75, 3.05) is 58.1 Å². The van der Waals surface area contributed by atoms with Crippen molar-refractivity contribution in [1.29, 1.82) is 0 Å². The van der Waals surface area contributed by atoms with Crippen LogP contribution in [0.3, 0.4) is 0 Å². The molecule has 0 spiro atoms. The Balaban J connectivity index is 0.00000360. The standard InChI is InChI=1S/C42H35Cl3N14O20S6.6Na/c1-2-19-29-34(79-33-22(50-29)7-9-25(36(33)85(75,76)77)47-12-14-49-40-55-38(45)57-42(59-40)53-21-6-4-18(81(63,64)65)16-27(21)83(69,70)71)28(43)30-31(19)78-32-23(51-30)8-10-24(35(32)84(72,73)74)46-11-13-48-39-54-37(44)56-41(58-39)52-20-5-3-17(80(60,61)62)15-26(20)82(66,67)68;;;;;;/h3-10,15-16,46,51H,2,11-14H2,1H3,(H,60,61,62)(H,63,64,65)(H,66,67,68)(H,69,70,71)(H,72,73,74)(H,75,76,77)(H2,48,52,54,56,58)(H2,49,53,55,57,59);;;;;;. The van der Waals surface area contributed by atoms with Gasteiger partial charge in [0.25, 0.3) is 50.6 Å². The van der Waals surface area contributed by atoms with Gasteiger partial charge in [-0.15, -0.1) is 0 Å². The number of nitrogens with one attached hydrogen (secondary N) is 6. The molecule has 6 aromatic rings. The zero-order valence-corrected chi connectivity index (χ0v) is 67.0. The van der Waals surface area contributed by atoms with Crippen molar-refractivity contribution in [1.82, 2.24) is 34.9 Å². The molecule has 0 saturated carbocycles. The number of benzene rings is 5.